The van der Waals surface area contributed by atoms with Crippen molar-refractivity contribution in [2.45, 2.75) is 51.1 Å². The lowest BCUT2D eigenvalue weighted by Gasteiger charge is -2.37. The van der Waals surface area contributed by atoms with E-state index >= 15 is 0 Å². The fourth-order valence-corrected chi connectivity index (χ4v) is 3.14. The van der Waals surface area contributed by atoms with Crippen molar-refractivity contribution in [1.82, 2.24) is 15.1 Å². The molecule has 2 aliphatic rings. The molecule has 4 nitrogen and oxygen atoms in total. The van der Waals surface area contributed by atoms with Crippen molar-refractivity contribution in [3.63, 3.8) is 0 Å². The second kappa shape index (κ2) is 6.53. The summed E-state index contributed by atoms with van der Waals surface area (Å²) in [6, 6.07) is 1.08. The van der Waals surface area contributed by atoms with Crippen LogP contribution in [0.2, 0.25) is 0 Å². The Morgan fingerprint density at radius 2 is 1.89 bits per heavy atom. The minimum Gasteiger partial charge on any atom is -0.339 e. The van der Waals surface area contributed by atoms with Crippen molar-refractivity contribution in [3.8, 4) is 0 Å². The molecule has 0 spiro atoms. The van der Waals surface area contributed by atoms with Crippen molar-refractivity contribution in [1.29, 1.82) is 0 Å². The molecular weight excluding hydrogens is 226 g/mol. The lowest BCUT2D eigenvalue weighted by Crippen LogP contribution is -2.50. The number of piperidine rings is 2. The molecule has 1 unspecified atom stereocenters. The highest BCUT2D eigenvalue weighted by Gasteiger charge is 2.25. The van der Waals surface area contributed by atoms with Crippen LogP contribution in [0, 0.1) is 0 Å². The molecule has 0 bridgehead atoms. The SMILES string of the molecule is CC(=O)N1CCCCC1CNC1CCN(C)CC1. The average molecular weight is 253 g/mol. The molecule has 2 fully saturated rings. The zero-order valence-corrected chi connectivity index (χ0v) is 11.8. The first-order chi connectivity index (χ1) is 8.66. The third-order valence-corrected chi connectivity index (χ3v) is 4.39. The van der Waals surface area contributed by atoms with Gasteiger partial charge >= 0.3 is 0 Å². The summed E-state index contributed by atoms with van der Waals surface area (Å²) in [5.41, 5.74) is 0. The van der Waals surface area contributed by atoms with Crippen molar-refractivity contribution in [3.05, 3.63) is 0 Å². The molecule has 2 saturated heterocycles. The highest BCUT2D eigenvalue weighted by atomic mass is 16.2. The van der Waals surface area contributed by atoms with Crippen LogP contribution >= 0.6 is 0 Å². The van der Waals surface area contributed by atoms with E-state index in [0.29, 0.717) is 12.1 Å². The van der Waals surface area contributed by atoms with E-state index in [4.69, 9.17) is 0 Å². The van der Waals surface area contributed by atoms with Crippen LogP contribution in [0.5, 0.6) is 0 Å². The smallest absolute Gasteiger partial charge is 0.219 e. The van der Waals surface area contributed by atoms with Gasteiger partial charge in [-0.2, -0.15) is 0 Å². The molecule has 4 heteroatoms. The summed E-state index contributed by atoms with van der Waals surface area (Å²) in [6.45, 7) is 6.02. The quantitative estimate of drug-likeness (QED) is 0.817. The molecule has 1 amide bonds. The Morgan fingerprint density at radius 3 is 2.56 bits per heavy atom. The van der Waals surface area contributed by atoms with E-state index in [9.17, 15) is 4.79 Å². The monoisotopic (exact) mass is 253 g/mol. The van der Waals surface area contributed by atoms with Crippen LogP contribution in [-0.4, -0.2) is 61.0 Å². The number of hydrogen-bond donors (Lipinski definition) is 1. The van der Waals surface area contributed by atoms with Gasteiger partial charge in [0.25, 0.3) is 0 Å². The number of hydrogen-bond acceptors (Lipinski definition) is 3. The van der Waals surface area contributed by atoms with Gasteiger partial charge in [0.05, 0.1) is 0 Å². The van der Waals surface area contributed by atoms with E-state index < -0.39 is 0 Å². The van der Waals surface area contributed by atoms with Crippen LogP contribution in [0.1, 0.15) is 39.0 Å². The summed E-state index contributed by atoms with van der Waals surface area (Å²) < 4.78 is 0. The van der Waals surface area contributed by atoms with Crippen molar-refractivity contribution in [2.24, 2.45) is 0 Å². The van der Waals surface area contributed by atoms with Gasteiger partial charge in [0.15, 0.2) is 0 Å². The molecule has 0 aromatic heterocycles. The first-order valence-corrected chi connectivity index (χ1v) is 7.36. The minimum absolute atomic E-state index is 0.241. The van der Waals surface area contributed by atoms with Gasteiger partial charge in [-0.05, 0) is 52.2 Å². The van der Waals surface area contributed by atoms with Gasteiger partial charge in [0.2, 0.25) is 5.91 Å². The van der Waals surface area contributed by atoms with Crippen molar-refractivity contribution in [2.75, 3.05) is 33.2 Å². The molecule has 2 aliphatic heterocycles. The summed E-state index contributed by atoms with van der Waals surface area (Å²) in [4.78, 5) is 16.0. The fraction of sp³-hybridized carbons (Fsp3) is 0.929. The van der Waals surface area contributed by atoms with Crippen LogP contribution in [0.4, 0.5) is 0 Å². The highest BCUT2D eigenvalue weighted by Crippen LogP contribution is 2.17. The number of carbonyl (C=O) groups excluding carboxylic acids is 1. The van der Waals surface area contributed by atoms with Gasteiger partial charge in [0, 0.05) is 32.1 Å². The maximum atomic E-state index is 11.6. The normalized spacial score (nSPS) is 27.4. The standard InChI is InChI=1S/C14H27N3O/c1-12(18)17-8-4-3-5-14(17)11-15-13-6-9-16(2)10-7-13/h13-15H,3-11H2,1-2H3. The summed E-state index contributed by atoms with van der Waals surface area (Å²) >= 11 is 0. The highest BCUT2D eigenvalue weighted by molar-refractivity contribution is 5.73. The molecule has 2 rings (SSSR count). The molecule has 18 heavy (non-hydrogen) atoms. The zero-order valence-electron chi connectivity index (χ0n) is 11.8. The molecule has 104 valence electrons. The number of amides is 1. The molecule has 0 saturated carbocycles. The predicted octanol–water partition coefficient (Wildman–Crippen LogP) is 1.07. The molecule has 0 aliphatic carbocycles. The Bertz CT molecular complexity index is 274. The molecule has 0 aromatic rings. The summed E-state index contributed by atoms with van der Waals surface area (Å²) in [7, 11) is 2.19. The topological polar surface area (TPSA) is 35.6 Å². The Kier molecular flexibility index (Phi) is 5.01. The lowest BCUT2D eigenvalue weighted by molar-refractivity contribution is -0.132. The van der Waals surface area contributed by atoms with Gasteiger partial charge in [-0.15, -0.1) is 0 Å². The van der Waals surface area contributed by atoms with Gasteiger partial charge in [-0.1, -0.05) is 0 Å². The molecule has 0 radical (unpaired) electrons. The van der Waals surface area contributed by atoms with E-state index in [1.54, 1.807) is 6.92 Å². The van der Waals surface area contributed by atoms with Crippen LogP contribution < -0.4 is 5.32 Å². The Labute approximate surface area is 111 Å². The van der Waals surface area contributed by atoms with Gasteiger partial charge in [-0.25, -0.2) is 0 Å². The third kappa shape index (κ3) is 3.69. The number of likely N-dealkylation sites (tertiary alicyclic amines) is 2. The number of carbonyl (C=O) groups is 1. The maximum absolute atomic E-state index is 11.6. The van der Waals surface area contributed by atoms with Gasteiger partial charge in [-0.3, -0.25) is 4.79 Å². The predicted molar refractivity (Wildman–Crippen MR) is 73.5 cm³/mol. The van der Waals surface area contributed by atoms with E-state index in [-0.39, 0.29) is 5.91 Å². The lowest BCUT2D eigenvalue weighted by atomic mass is 10.0. The van der Waals surface area contributed by atoms with E-state index in [2.05, 4.69) is 22.2 Å². The second-order valence-electron chi connectivity index (χ2n) is 5.85. The van der Waals surface area contributed by atoms with Crippen molar-refractivity contribution >= 4 is 5.91 Å². The van der Waals surface area contributed by atoms with Crippen LogP contribution in [0.15, 0.2) is 0 Å². The van der Waals surface area contributed by atoms with Gasteiger partial charge < -0.3 is 15.1 Å². The minimum atomic E-state index is 0.241. The number of nitrogens with one attached hydrogen (secondary N) is 1. The molecule has 1 atom stereocenters. The molecule has 0 aromatic carbocycles. The summed E-state index contributed by atoms with van der Waals surface area (Å²) in [5, 5.41) is 3.68. The molecule has 2 heterocycles. The Hall–Kier alpha value is -0.610. The summed E-state index contributed by atoms with van der Waals surface area (Å²) in [6.07, 6.45) is 6.08. The second-order valence-corrected chi connectivity index (χ2v) is 5.85. The van der Waals surface area contributed by atoms with E-state index in [1.807, 2.05) is 0 Å². The first kappa shape index (κ1) is 13.8. The van der Waals surface area contributed by atoms with Crippen molar-refractivity contribution < 1.29 is 4.79 Å². The molecule has 1 N–H and O–H groups in total. The first-order valence-electron chi connectivity index (χ1n) is 7.36. The largest absolute Gasteiger partial charge is 0.339 e. The Balaban J connectivity index is 1.75. The van der Waals surface area contributed by atoms with Crippen LogP contribution in [0.25, 0.3) is 0 Å². The summed E-state index contributed by atoms with van der Waals surface area (Å²) in [5.74, 6) is 0.241. The van der Waals surface area contributed by atoms with Gasteiger partial charge in [0.1, 0.15) is 0 Å². The number of rotatable bonds is 3. The fourth-order valence-electron chi connectivity index (χ4n) is 3.14. The van der Waals surface area contributed by atoms with Crippen LogP contribution in [-0.2, 0) is 4.79 Å². The average Bonchev–Trinajstić information content (AvgIpc) is 2.38. The van der Waals surface area contributed by atoms with E-state index in [1.165, 1.54) is 45.2 Å². The Morgan fingerprint density at radius 1 is 1.17 bits per heavy atom. The molecular formula is C14H27N3O. The van der Waals surface area contributed by atoms with E-state index in [0.717, 1.165) is 13.1 Å². The zero-order chi connectivity index (χ0) is 13.0. The maximum Gasteiger partial charge on any atom is 0.219 e. The number of nitrogens with zero attached hydrogens (tertiary/aromatic N) is 2. The third-order valence-electron chi connectivity index (χ3n) is 4.39. The van der Waals surface area contributed by atoms with Crippen LogP contribution in [0.3, 0.4) is 0 Å².